The van der Waals surface area contributed by atoms with Crippen LogP contribution in [0.2, 0.25) is 0 Å². The van der Waals surface area contributed by atoms with Crippen molar-refractivity contribution in [2.75, 3.05) is 34.4 Å². The maximum absolute atomic E-state index is 12.6. The maximum Gasteiger partial charge on any atom is 0.272 e. The molecule has 6 amide bonds. The first kappa shape index (κ1) is 39.7. The molecule has 4 aromatic rings. The number of hydrogen-bond acceptors (Lipinski definition) is 8. The second kappa shape index (κ2) is 19.5. The van der Waals surface area contributed by atoms with Gasteiger partial charge in [0.15, 0.2) is 0 Å². The van der Waals surface area contributed by atoms with Crippen molar-refractivity contribution in [3.05, 3.63) is 71.6 Å². The molecule has 0 atom stereocenters. The van der Waals surface area contributed by atoms with Gasteiger partial charge < -0.3 is 63.3 Å². The van der Waals surface area contributed by atoms with Gasteiger partial charge in [0.25, 0.3) is 23.6 Å². The van der Waals surface area contributed by atoms with Crippen LogP contribution in [0.5, 0.6) is 0 Å². The molecule has 0 radical (unpaired) electrons. The zero-order chi connectivity index (χ0) is 39.0. The first-order chi connectivity index (χ1) is 25.9. The Morgan fingerprint density at radius 3 is 1.56 bits per heavy atom. The van der Waals surface area contributed by atoms with Gasteiger partial charge in [0, 0.05) is 63.6 Å². The van der Waals surface area contributed by atoms with Gasteiger partial charge in [0.1, 0.15) is 23.0 Å². The van der Waals surface area contributed by atoms with Crippen molar-refractivity contribution in [2.45, 2.75) is 51.4 Å². The lowest BCUT2D eigenvalue weighted by molar-refractivity contribution is -0.117. The topological polar surface area (TPSA) is 337 Å². The van der Waals surface area contributed by atoms with E-state index in [2.05, 4.69) is 51.8 Å². The van der Waals surface area contributed by atoms with Crippen LogP contribution in [0.4, 0.5) is 23.0 Å². The number of H-pyrrole nitrogens is 4. The van der Waals surface area contributed by atoms with Gasteiger partial charge in [-0.2, -0.15) is 0 Å². The van der Waals surface area contributed by atoms with Crippen LogP contribution < -0.4 is 43.4 Å². The Hall–Kier alpha value is -7.12. The predicted octanol–water partition coefficient (Wildman–Crippen LogP) is 2.53. The fourth-order valence-corrected chi connectivity index (χ4v) is 4.96. The molecule has 0 fully saturated rings. The summed E-state index contributed by atoms with van der Waals surface area (Å²) in [6.07, 6.45) is 9.45. The van der Waals surface area contributed by atoms with Gasteiger partial charge >= 0.3 is 0 Å². The van der Waals surface area contributed by atoms with Gasteiger partial charge in [-0.1, -0.05) is 12.8 Å². The summed E-state index contributed by atoms with van der Waals surface area (Å²) in [7, 11) is 0. The van der Waals surface area contributed by atoms with Gasteiger partial charge in [-0.3, -0.25) is 39.6 Å². The lowest BCUT2D eigenvalue weighted by Gasteiger charge is -2.04. The van der Waals surface area contributed by atoms with Crippen molar-refractivity contribution in [3.8, 4) is 0 Å². The largest absolute Gasteiger partial charge is 0.388 e. The molecule has 16 N–H and O–H groups in total. The van der Waals surface area contributed by atoms with Crippen molar-refractivity contribution in [3.63, 3.8) is 0 Å². The Morgan fingerprint density at radius 2 is 0.981 bits per heavy atom. The zero-order valence-electron chi connectivity index (χ0n) is 29.3. The minimum atomic E-state index is -0.473. The van der Waals surface area contributed by atoms with Crippen molar-refractivity contribution >= 4 is 70.1 Å². The van der Waals surface area contributed by atoms with Gasteiger partial charge in [0.05, 0.1) is 34.2 Å². The quantitative estimate of drug-likeness (QED) is 0.0341. The molecule has 0 saturated carbocycles. The molecule has 4 rings (SSSR count). The van der Waals surface area contributed by atoms with Crippen LogP contribution in [-0.4, -0.2) is 80.1 Å². The average Bonchev–Trinajstić information content (AvgIpc) is 3.94. The number of amidine groups is 2. The Balaban J connectivity index is 1.07. The molecular weight excluding hydrogens is 700 g/mol. The second-order valence-electron chi connectivity index (χ2n) is 12.2. The third-order valence-electron chi connectivity index (χ3n) is 7.73. The molecule has 4 heterocycles. The summed E-state index contributed by atoms with van der Waals surface area (Å²) in [6.45, 7) is 0.430. The third-order valence-corrected chi connectivity index (χ3v) is 7.73. The summed E-state index contributed by atoms with van der Waals surface area (Å²) in [5, 5.41) is 30.4. The Bertz CT molecular complexity index is 1850. The van der Waals surface area contributed by atoms with Crippen molar-refractivity contribution in [2.24, 2.45) is 11.5 Å². The number of aromatic nitrogens is 4. The van der Waals surface area contributed by atoms with Crippen LogP contribution in [-0.2, 0) is 9.59 Å². The summed E-state index contributed by atoms with van der Waals surface area (Å²) in [5.74, 6) is -1.59. The predicted molar refractivity (Wildman–Crippen MR) is 202 cm³/mol. The SMILES string of the molecule is N=C(N)CCNC(=O)c1c[nH]c(NC(=O)c2c[nH]c(NC(=O)CCCCCCC(=O)Nc3c[nH]c(C(=O)Nc4c[nH]c(C(=O)NCCC(=N)N)c4)c3)c2)c1. The molecule has 0 saturated heterocycles. The highest BCUT2D eigenvalue weighted by Crippen LogP contribution is 2.17. The smallest absolute Gasteiger partial charge is 0.272 e. The van der Waals surface area contributed by atoms with Gasteiger partial charge in [0.2, 0.25) is 11.8 Å². The molecule has 0 aliphatic heterocycles. The molecular formula is C34H44N14O6. The number of anilines is 4. The number of carbonyl (C=O) groups is 6. The zero-order valence-corrected chi connectivity index (χ0v) is 29.3. The molecule has 0 aliphatic rings. The first-order valence-electron chi connectivity index (χ1n) is 17.0. The highest BCUT2D eigenvalue weighted by Gasteiger charge is 2.16. The molecule has 4 aromatic heterocycles. The van der Waals surface area contributed by atoms with Gasteiger partial charge in [-0.25, -0.2) is 0 Å². The molecule has 0 bridgehead atoms. The minimum absolute atomic E-state index is 0.0356. The van der Waals surface area contributed by atoms with Crippen molar-refractivity contribution in [1.29, 1.82) is 10.8 Å². The fourth-order valence-electron chi connectivity index (χ4n) is 4.96. The van der Waals surface area contributed by atoms with E-state index in [0.29, 0.717) is 41.4 Å². The van der Waals surface area contributed by atoms with Crippen LogP contribution in [0.25, 0.3) is 0 Å². The Morgan fingerprint density at radius 1 is 0.500 bits per heavy atom. The number of carbonyl (C=O) groups excluding carboxylic acids is 6. The van der Waals surface area contributed by atoms with E-state index >= 15 is 0 Å². The molecule has 0 aromatic carbocycles. The van der Waals surface area contributed by atoms with Crippen molar-refractivity contribution < 1.29 is 28.8 Å². The highest BCUT2D eigenvalue weighted by atomic mass is 16.2. The summed E-state index contributed by atoms with van der Waals surface area (Å²) in [4.78, 5) is 85.7. The second-order valence-corrected chi connectivity index (χ2v) is 12.2. The number of rotatable bonds is 21. The number of amides is 6. The molecule has 0 spiro atoms. The summed E-state index contributed by atoms with van der Waals surface area (Å²) < 4.78 is 0. The van der Waals surface area contributed by atoms with Gasteiger partial charge in [-0.05, 0) is 37.1 Å². The molecule has 20 nitrogen and oxygen atoms in total. The fraction of sp³-hybridized carbons (Fsp3) is 0.294. The van der Waals surface area contributed by atoms with E-state index in [1.54, 1.807) is 0 Å². The normalized spacial score (nSPS) is 10.6. The van der Waals surface area contributed by atoms with E-state index in [9.17, 15) is 28.8 Å². The van der Waals surface area contributed by atoms with Crippen LogP contribution in [0.1, 0.15) is 93.1 Å². The lowest BCUT2D eigenvalue weighted by Crippen LogP contribution is -2.27. The number of nitrogens with two attached hydrogens (primary N) is 2. The molecule has 0 unspecified atom stereocenters. The van der Waals surface area contributed by atoms with E-state index in [4.69, 9.17) is 22.3 Å². The maximum atomic E-state index is 12.6. The average molecular weight is 745 g/mol. The van der Waals surface area contributed by atoms with Crippen LogP contribution in [0.3, 0.4) is 0 Å². The van der Waals surface area contributed by atoms with Gasteiger partial charge in [-0.15, -0.1) is 0 Å². The molecule has 286 valence electrons. The minimum Gasteiger partial charge on any atom is -0.388 e. The number of nitrogens with one attached hydrogen (secondary N) is 12. The number of hydrogen-bond donors (Lipinski definition) is 14. The van der Waals surface area contributed by atoms with E-state index in [1.807, 2.05) is 0 Å². The molecule has 20 heteroatoms. The van der Waals surface area contributed by atoms with E-state index in [-0.39, 0.29) is 85.1 Å². The lowest BCUT2D eigenvalue weighted by atomic mass is 10.1. The van der Waals surface area contributed by atoms with E-state index < -0.39 is 17.7 Å². The summed E-state index contributed by atoms with van der Waals surface area (Å²) in [5.41, 5.74) is 12.3. The Kier molecular flexibility index (Phi) is 14.3. The third kappa shape index (κ3) is 12.9. The van der Waals surface area contributed by atoms with E-state index in [0.717, 1.165) is 12.8 Å². The molecule has 0 aliphatic carbocycles. The summed E-state index contributed by atoms with van der Waals surface area (Å²) in [6, 6.07) is 5.92. The Labute approximate surface area is 308 Å². The highest BCUT2D eigenvalue weighted by molar-refractivity contribution is 6.06. The summed E-state index contributed by atoms with van der Waals surface area (Å²) >= 11 is 0. The van der Waals surface area contributed by atoms with Crippen LogP contribution in [0.15, 0.2) is 49.1 Å². The molecule has 54 heavy (non-hydrogen) atoms. The number of unbranched alkanes of at least 4 members (excludes halogenated alkanes) is 3. The number of aromatic amines is 4. The van der Waals surface area contributed by atoms with Crippen LogP contribution >= 0.6 is 0 Å². The standard InChI is InChI=1S/C34H44N14O6/c35-25(36)7-9-39-31(51)19-11-28(44-15-19)48-32(52)20-12-27(43-16-20)47-30(50)6-4-2-1-3-5-29(49)45-21-13-24(42-17-21)34(54)46-22-14-23(41-18-22)33(53)40-10-8-26(37)38/h11-18,41-44H,1-10H2,(H3,35,36)(H3,37,38)(H,39,51)(H,40,53)(H,45,49)(H,46,54)(H,47,50)(H,48,52). The van der Waals surface area contributed by atoms with Crippen LogP contribution in [0, 0.1) is 10.8 Å². The monoisotopic (exact) mass is 744 g/mol. The van der Waals surface area contributed by atoms with Crippen molar-refractivity contribution in [1.82, 2.24) is 30.6 Å². The van der Waals surface area contributed by atoms with E-state index in [1.165, 1.54) is 49.1 Å². The first-order valence-corrected chi connectivity index (χ1v) is 17.0.